The third-order valence-electron chi connectivity index (χ3n) is 4.65. The van der Waals surface area contributed by atoms with Crippen LogP contribution in [0.15, 0.2) is 83.7 Å². The Bertz CT molecular complexity index is 1310. The number of carbonyl (C=O) groups excluding carboxylic acids is 2. The minimum atomic E-state index is -1.40. The fraction of sp³-hybridized carbons (Fsp3) is 0.0435. The van der Waals surface area contributed by atoms with Crippen LogP contribution in [0.5, 0.6) is 0 Å². The van der Waals surface area contributed by atoms with E-state index in [0.717, 1.165) is 5.56 Å². The normalized spacial score (nSPS) is 10.7. The number of carbonyl (C=O) groups is 2. The largest absolute Gasteiger partial charge is 0.545 e. The molecule has 0 unspecified atom stereocenters. The third kappa shape index (κ3) is 3.68. The van der Waals surface area contributed by atoms with Gasteiger partial charge in [0.2, 0.25) is 0 Å². The van der Waals surface area contributed by atoms with Crippen LogP contribution in [0.2, 0.25) is 0 Å². The van der Waals surface area contributed by atoms with Crippen molar-refractivity contribution in [3.8, 4) is 0 Å². The number of nitrogens with one attached hydrogen (secondary N) is 1. The number of anilines is 1. The van der Waals surface area contributed by atoms with Crippen molar-refractivity contribution in [2.75, 3.05) is 5.32 Å². The van der Waals surface area contributed by atoms with Gasteiger partial charge in [0.05, 0.1) is 23.6 Å². The number of benzene rings is 3. The zero-order valence-electron chi connectivity index (χ0n) is 15.7. The van der Waals surface area contributed by atoms with Gasteiger partial charge in [0.1, 0.15) is 0 Å². The molecule has 0 aliphatic rings. The van der Waals surface area contributed by atoms with Crippen LogP contribution in [0.3, 0.4) is 0 Å². The van der Waals surface area contributed by atoms with Crippen molar-refractivity contribution in [1.82, 2.24) is 9.78 Å². The Labute approximate surface area is 171 Å². The van der Waals surface area contributed by atoms with E-state index in [9.17, 15) is 19.5 Å². The Hall–Kier alpha value is -4.26. The van der Waals surface area contributed by atoms with Crippen molar-refractivity contribution in [2.45, 2.75) is 6.54 Å². The van der Waals surface area contributed by atoms with Crippen molar-refractivity contribution < 1.29 is 14.7 Å². The van der Waals surface area contributed by atoms with Crippen molar-refractivity contribution in [2.24, 2.45) is 0 Å². The highest BCUT2D eigenvalue weighted by Gasteiger charge is 2.18. The van der Waals surface area contributed by atoms with Gasteiger partial charge in [-0.05, 0) is 17.7 Å². The number of aromatic carboxylic acids is 1. The Morgan fingerprint density at radius 1 is 0.867 bits per heavy atom. The molecule has 0 fully saturated rings. The van der Waals surface area contributed by atoms with E-state index in [1.807, 2.05) is 30.3 Å². The van der Waals surface area contributed by atoms with Gasteiger partial charge in [-0.15, -0.1) is 0 Å². The summed E-state index contributed by atoms with van der Waals surface area (Å²) in [5, 5.41) is 18.9. The second-order valence-electron chi connectivity index (χ2n) is 6.63. The van der Waals surface area contributed by atoms with Crippen LogP contribution in [-0.2, 0) is 6.54 Å². The number of carboxylic acids is 1. The van der Waals surface area contributed by atoms with Gasteiger partial charge in [-0.2, -0.15) is 5.10 Å². The van der Waals surface area contributed by atoms with E-state index >= 15 is 0 Å². The molecule has 1 heterocycles. The van der Waals surface area contributed by atoms with Crippen LogP contribution in [0, 0.1) is 0 Å². The van der Waals surface area contributed by atoms with E-state index in [1.54, 1.807) is 30.3 Å². The van der Waals surface area contributed by atoms with Crippen LogP contribution in [0.4, 0.5) is 5.69 Å². The second kappa shape index (κ2) is 8.00. The molecule has 0 aliphatic carbocycles. The first-order valence-electron chi connectivity index (χ1n) is 9.20. The number of carboxylic acid groups (broad SMARTS) is 1. The number of para-hydroxylation sites is 1. The predicted molar refractivity (Wildman–Crippen MR) is 110 cm³/mol. The lowest BCUT2D eigenvalue weighted by Crippen LogP contribution is -2.29. The van der Waals surface area contributed by atoms with E-state index in [0.29, 0.717) is 10.8 Å². The summed E-state index contributed by atoms with van der Waals surface area (Å²) in [6, 6.07) is 21.9. The molecule has 0 saturated heterocycles. The smallest absolute Gasteiger partial charge is 0.276 e. The SMILES string of the molecule is O=C([O-])c1ccccc1NC(=O)c1nn(Cc2ccccc2)c(=O)c2ccccc12. The summed E-state index contributed by atoms with van der Waals surface area (Å²) in [5.74, 6) is -2.03. The van der Waals surface area contributed by atoms with Gasteiger partial charge in [0.15, 0.2) is 5.69 Å². The molecule has 1 aromatic heterocycles. The summed E-state index contributed by atoms with van der Waals surface area (Å²) in [6.07, 6.45) is 0. The van der Waals surface area contributed by atoms with Gasteiger partial charge in [0.25, 0.3) is 11.5 Å². The van der Waals surface area contributed by atoms with E-state index in [1.165, 1.54) is 22.9 Å². The molecular formula is C23H16N3O4-. The van der Waals surface area contributed by atoms with Gasteiger partial charge >= 0.3 is 0 Å². The molecular weight excluding hydrogens is 382 g/mol. The average Bonchev–Trinajstić information content (AvgIpc) is 2.76. The van der Waals surface area contributed by atoms with E-state index < -0.39 is 11.9 Å². The Morgan fingerprint density at radius 2 is 1.50 bits per heavy atom. The molecule has 0 radical (unpaired) electrons. The molecule has 148 valence electrons. The highest BCUT2D eigenvalue weighted by atomic mass is 16.4. The van der Waals surface area contributed by atoms with Crippen molar-refractivity contribution >= 4 is 28.3 Å². The standard InChI is InChI=1S/C23H17N3O4/c27-21(24-19-13-7-6-12-18(19)23(29)30)20-16-10-4-5-11-17(16)22(28)26(25-20)14-15-8-2-1-3-9-15/h1-13H,14H2,(H,24,27)(H,29,30)/p-1. The quantitative estimate of drug-likeness (QED) is 0.554. The van der Waals surface area contributed by atoms with E-state index in [-0.39, 0.29) is 29.0 Å². The van der Waals surface area contributed by atoms with Crippen LogP contribution in [0.1, 0.15) is 26.4 Å². The average molecular weight is 398 g/mol. The lowest BCUT2D eigenvalue weighted by molar-refractivity contribution is -0.254. The summed E-state index contributed by atoms with van der Waals surface area (Å²) in [5.41, 5.74) is 0.508. The number of hydrogen-bond acceptors (Lipinski definition) is 5. The van der Waals surface area contributed by atoms with Gasteiger partial charge in [-0.25, -0.2) is 4.68 Å². The highest BCUT2D eigenvalue weighted by molar-refractivity contribution is 6.12. The fourth-order valence-electron chi connectivity index (χ4n) is 3.22. The number of fused-ring (bicyclic) bond motifs is 1. The zero-order chi connectivity index (χ0) is 21.1. The van der Waals surface area contributed by atoms with E-state index in [4.69, 9.17) is 0 Å². The summed E-state index contributed by atoms with van der Waals surface area (Å²) < 4.78 is 1.23. The van der Waals surface area contributed by atoms with Crippen LogP contribution in [0.25, 0.3) is 10.8 Å². The van der Waals surface area contributed by atoms with Crippen LogP contribution >= 0.6 is 0 Å². The number of aromatic nitrogens is 2. The molecule has 0 aliphatic heterocycles. The number of amides is 1. The molecule has 7 heteroatoms. The molecule has 1 amide bonds. The first-order chi connectivity index (χ1) is 14.5. The van der Waals surface area contributed by atoms with Gasteiger partial charge in [-0.1, -0.05) is 66.7 Å². The fourth-order valence-corrected chi connectivity index (χ4v) is 3.22. The number of hydrogen-bond donors (Lipinski definition) is 1. The Balaban J connectivity index is 1.80. The molecule has 3 aromatic carbocycles. The first-order valence-corrected chi connectivity index (χ1v) is 9.20. The number of nitrogens with zero attached hydrogens (tertiary/aromatic N) is 2. The van der Waals surface area contributed by atoms with Gasteiger partial charge < -0.3 is 15.2 Å². The monoisotopic (exact) mass is 398 g/mol. The van der Waals surface area contributed by atoms with E-state index in [2.05, 4.69) is 10.4 Å². The molecule has 0 saturated carbocycles. The lowest BCUT2D eigenvalue weighted by Gasteiger charge is -2.14. The van der Waals surface area contributed by atoms with Crippen LogP contribution in [-0.4, -0.2) is 21.7 Å². The number of rotatable bonds is 5. The minimum Gasteiger partial charge on any atom is -0.545 e. The van der Waals surface area contributed by atoms with Crippen LogP contribution < -0.4 is 16.0 Å². The molecule has 1 N–H and O–H groups in total. The summed E-state index contributed by atoms with van der Waals surface area (Å²) >= 11 is 0. The summed E-state index contributed by atoms with van der Waals surface area (Å²) in [6.45, 7) is 0.195. The molecule has 7 nitrogen and oxygen atoms in total. The highest BCUT2D eigenvalue weighted by Crippen LogP contribution is 2.18. The Kier molecular flexibility index (Phi) is 5.09. The second-order valence-corrected chi connectivity index (χ2v) is 6.63. The summed E-state index contributed by atoms with van der Waals surface area (Å²) in [4.78, 5) is 37.2. The van der Waals surface area contributed by atoms with Crippen molar-refractivity contribution in [3.63, 3.8) is 0 Å². The predicted octanol–water partition coefficient (Wildman–Crippen LogP) is 2.06. The maximum atomic E-state index is 13.0. The zero-order valence-corrected chi connectivity index (χ0v) is 15.7. The molecule has 4 aromatic rings. The van der Waals surface area contributed by atoms with Gasteiger partial charge in [-0.3, -0.25) is 9.59 Å². The molecule has 0 bridgehead atoms. The summed E-state index contributed by atoms with van der Waals surface area (Å²) in [7, 11) is 0. The first kappa shape index (κ1) is 19.1. The topological polar surface area (TPSA) is 104 Å². The molecule has 0 atom stereocenters. The van der Waals surface area contributed by atoms with Crippen molar-refractivity contribution in [1.29, 1.82) is 0 Å². The maximum Gasteiger partial charge on any atom is 0.276 e. The molecule has 30 heavy (non-hydrogen) atoms. The maximum absolute atomic E-state index is 13.0. The molecule has 0 spiro atoms. The molecule has 4 rings (SSSR count). The third-order valence-corrected chi connectivity index (χ3v) is 4.65. The Morgan fingerprint density at radius 3 is 2.23 bits per heavy atom. The van der Waals surface area contributed by atoms with Gasteiger partial charge in [0, 0.05) is 10.9 Å². The minimum absolute atomic E-state index is 0.0225. The van der Waals surface area contributed by atoms with Crippen molar-refractivity contribution in [3.05, 3.63) is 106 Å². The lowest BCUT2D eigenvalue weighted by atomic mass is 10.1.